The van der Waals surface area contributed by atoms with Crippen LogP contribution in [0.2, 0.25) is 0 Å². The highest BCUT2D eigenvalue weighted by Gasteiger charge is 2.14. The lowest BCUT2D eigenvalue weighted by atomic mass is 10.1. The monoisotopic (exact) mass is 302 g/mol. The van der Waals surface area contributed by atoms with E-state index in [1.165, 1.54) is 0 Å². The number of carbonyl (C=O) groups is 1. The van der Waals surface area contributed by atoms with Crippen molar-refractivity contribution in [1.29, 1.82) is 0 Å². The highest BCUT2D eigenvalue weighted by Crippen LogP contribution is 2.29. The fraction of sp³-hybridized carbons (Fsp3) is 0.0526. The van der Waals surface area contributed by atoms with Crippen LogP contribution in [0.4, 0.5) is 0 Å². The highest BCUT2D eigenvalue weighted by atomic mass is 16.5. The number of hydrogen-bond acceptors (Lipinski definition) is 3. The van der Waals surface area contributed by atoms with Gasteiger partial charge in [-0.05, 0) is 35.7 Å². The SMILES string of the molecule is COc1ccc2c(c1)cc(C=O)n2-c1nccc2ccccc12. The number of pyridine rings is 1. The summed E-state index contributed by atoms with van der Waals surface area (Å²) >= 11 is 0. The third-order valence-electron chi connectivity index (χ3n) is 4.02. The van der Waals surface area contributed by atoms with E-state index in [0.29, 0.717) is 5.69 Å². The summed E-state index contributed by atoms with van der Waals surface area (Å²) in [7, 11) is 1.63. The van der Waals surface area contributed by atoms with E-state index >= 15 is 0 Å². The Balaban J connectivity index is 2.09. The van der Waals surface area contributed by atoms with Crippen LogP contribution in [0.25, 0.3) is 27.5 Å². The summed E-state index contributed by atoms with van der Waals surface area (Å²) in [6.07, 6.45) is 2.62. The Labute approximate surface area is 132 Å². The molecule has 2 heterocycles. The van der Waals surface area contributed by atoms with Crippen LogP contribution in [0, 0.1) is 0 Å². The Morgan fingerprint density at radius 3 is 2.74 bits per heavy atom. The Hall–Kier alpha value is -3.14. The van der Waals surface area contributed by atoms with Crippen molar-refractivity contribution in [2.24, 2.45) is 0 Å². The zero-order valence-corrected chi connectivity index (χ0v) is 12.6. The van der Waals surface area contributed by atoms with Gasteiger partial charge in [0.15, 0.2) is 6.29 Å². The van der Waals surface area contributed by atoms with Crippen molar-refractivity contribution in [3.05, 3.63) is 66.5 Å². The molecule has 0 fully saturated rings. The number of rotatable bonds is 3. The molecule has 0 spiro atoms. The van der Waals surface area contributed by atoms with Crippen molar-refractivity contribution in [3.8, 4) is 11.6 Å². The van der Waals surface area contributed by atoms with E-state index < -0.39 is 0 Å². The maximum absolute atomic E-state index is 11.6. The summed E-state index contributed by atoms with van der Waals surface area (Å²) in [6.45, 7) is 0. The molecule has 0 aliphatic carbocycles. The molecule has 0 bridgehead atoms. The molecule has 0 aliphatic heterocycles. The normalized spacial score (nSPS) is 11.0. The molecule has 0 saturated carbocycles. The molecule has 4 heteroatoms. The first-order valence-electron chi connectivity index (χ1n) is 7.30. The van der Waals surface area contributed by atoms with E-state index in [0.717, 1.165) is 39.5 Å². The summed E-state index contributed by atoms with van der Waals surface area (Å²) < 4.78 is 7.16. The van der Waals surface area contributed by atoms with Gasteiger partial charge in [0.25, 0.3) is 0 Å². The Bertz CT molecular complexity index is 1030. The molecular formula is C19H14N2O2. The number of methoxy groups -OCH3 is 1. The van der Waals surface area contributed by atoms with E-state index in [4.69, 9.17) is 4.74 Å². The fourth-order valence-electron chi connectivity index (χ4n) is 2.95. The van der Waals surface area contributed by atoms with Gasteiger partial charge in [-0.25, -0.2) is 4.98 Å². The quantitative estimate of drug-likeness (QED) is 0.537. The van der Waals surface area contributed by atoms with Gasteiger partial charge in [0, 0.05) is 17.0 Å². The molecule has 4 rings (SSSR count). The van der Waals surface area contributed by atoms with Crippen LogP contribution >= 0.6 is 0 Å². The van der Waals surface area contributed by atoms with E-state index in [1.54, 1.807) is 13.3 Å². The first-order valence-corrected chi connectivity index (χ1v) is 7.30. The Morgan fingerprint density at radius 1 is 1.04 bits per heavy atom. The lowest BCUT2D eigenvalue weighted by Gasteiger charge is -2.10. The lowest BCUT2D eigenvalue weighted by molar-refractivity contribution is 0.111. The molecule has 0 atom stereocenters. The smallest absolute Gasteiger partial charge is 0.166 e. The van der Waals surface area contributed by atoms with Crippen LogP contribution in [-0.4, -0.2) is 22.9 Å². The topological polar surface area (TPSA) is 44.1 Å². The summed E-state index contributed by atoms with van der Waals surface area (Å²) in [6, 6.07) is 17.6. The molecule has 0 aliphatic rings. The van der Waals surface area contributed by atoms with Gasteiger partial charge >= 0.3 is 0 Å². The van der Waals surface area contributed by atoms with Crippen molar-refractivity contribution in [2.45, 2.75) is 0 Å². The van der Waals surface area contributed by atoms with Crippen molar-refractivity contribution in [3.63, 3.8) is 0 Å². The third kappa shape index (κ3) is 2.07. The second-order valence-corrected chi connectivity index (χ2v) is 5.30. The van der Waals surface area contributed by atoms with E-state index in [1.807, 2.05) is 59.2 Å². The molecule has 4 aromatic rings. The number of carbonyl (C=O) groups excluding carboxylic acids is 1. The van der Waals surface area contributed by atoms with E-state index in [2.05, 4.69) is 4.98 Å². The Morgan fingerprint density at radius 2 is 1.91 bits per heavy atom. The van der Waals surface area contributed by atoms with Gasteiger partial charge in [-0.1, -0.05) is 24.3 Å². The van der Waals surface area contributed by atoms with Crippen LogP contribution in [0.3, 0.4) is 0 Å². The minimum Gasteiger partial charge on any atom is -0.497 e. The summed E-state index contributed by atoms with van der Waals surface area (Å²) in [4.78, 5) is 16.1. The minimum atomic E-state index is 0.567. The number of ether oxygens (including phenoxy) is 1. The van der Waals surface area contributed by atoms with E-state index in [-0.39, 0.29) is 0 Å². The lowest BCUT2D eigenvalue weighted by Crippen LogP contribution is -2.02. The van der Waals surface area contributed by atoms with Gasteiger partial charge in [-0.2, -0.15) is 0 Å². The number of aromatic nitrogens is 2. The van der Waals surface area contributed by atoms with Gasteiger partial charge < -0.3 is 4.74 Å². The average molecular weight is 302 g/mol. The molecule has 2 aromatic heterocycles. The molecular weight excluding hydrogens is 288 g/mol. The first-order chi connectivity index (χ1) is 11.3. The number of hydrogen-bond donors (Lipinski definition) is 0. The van der Waals surface area contributed by atoms with Crippen molar-refractivity contribution in [1.82, 2.24) is 9.55 Å². The molecule has 0 saturated heterocycles. The predicted molar refractivity (Wildman–Crippen MR) is 90.5 cm³/mol. The molecule has 112 valence electrons. The average Bonchev–Trinajstić information content (AvgIpc) is 2.98. The van der Waals surface area contributed by atoms with Crippen LogP contribution < -0.4 is 4.74 Å². The highest BCUT2D eigenvalue weighted by molar-refractivity contribution is 5.96. The summed E-state index contributed by atoms with van der Waals surface area (Å²) in [5, 5.41) is 3.04. The van der Waals surface area contributed by atoms with Crippen LogP contribution in [-0.2, 0) is 0 Å². The summed E-state index contributed by atoms with van der Waals surface area (Å²) in [5.41, 5.74) is 1.49. The third-order valence-corrected chi connectivity index (χ3v) is 4.02. The number of aldehydes is 1. The maximum Gasteiger partial charge on any atom is 0.166 e. The first kappa shape index (κ1) is 13.5. The standard InChI is InChI=1S/C19H14N2O2/c1-23-16-6-7-18-14(11-16)10-15(12-22)21(18)19-17-5-3-2-4-13(17)8-9-20-19/h2-12H,1H3. The molecule has 2 aromatic carbocycles. The zero-order valence-electron chi connectivity index (χ0n) is 12.6. The molecule has 4 nitrogen and oxygen atoms in total. The van der Waals surface area contributed by atoms with Crippen LogP contribution in [0.15, 0.2) is 60.8 Å². The van der Waals surface area contributed by atoms with Gasteiger partial charge in [0.1, 0.15) is 11.6 Å². The van der Waals surface area contributed by atoms with E-state index in [9.17, 15) is 4.79 Å². The summed E-state index contributed by atoms with van der Waals surface area (Å²) in [5.74, 6) is 1.52. The molecule has 0 N–H and O–H groups in total. The van der Waals surface area contributed by atoms with Crippen LogP contribution in [0.5, 0.6) is 5.75 Å². The molecule has 0 unspecified atom stereocenters. The Kier molecular flexibility index (Phi) is 3.08. The van der Waals surface area contributed by atoms with Crippen molar-refractivity contribution < 1.29 is 9.53 Å². The van der Waals surface area contributed by atoms with Gasteiger partial charge in [-0.3, -0.25) is 9.36 Å². The minimum absolute atomic E-state index is 0.567. The maximum atomic E-state index is 11.6. The van der Waals surface area contributed by atoms with Gasteiger partial charge in [0.05, 0.1) is 18.3 Å². The van der Waals surface area contributed by atoms with Crippen LogP contribution in [0.1, 0.15) is 10.5 Å². The fourth-order valence-corrected chi connectivity index (χ4v) is 2.95. The van der Waals surface area contributed by atoms with Crippen molar-refractivity contribution >= 4 is 28.0 Å². The van der Waals surface area contributed by atoms with Gasteiger partial charge in [-0.15, -0.1) is 0 Å². The number of benzene rings is 2. The second kappa shape index (κ2) is 5.25. The zero-order chi connectivity index (χ0) is 15.8. The largest absolute Gasteiger partial charge is 0.497 e. The molecule has 23 heavy (non-hydrogen) atoms. The number of nitrogens with zero attached hydrogens (tertiary/aromatic N) is 2. The molecule has 0 radical (unpaired) electrons. The predicted octanol–water partition coefficient (Wildman–Crippen LogP) is 4.00. The van der Waals surface area contributed by atoms with Gasteiger partial charge in [0.2, 0.25) is 0 Å². The number of fused-ring (bicyclic) bond motifs is 2. The second-order valence-electron chi connectivity index (χ2n) is 5.30. The van der Waals surface area contributed by atoms with Crippen molar-refractivity contribution in [2.75, 3.05) is 7.11 Å². The molecule has 0 amide bonds.